The van der Waals surface area contributed by atoms with Crippen molar-refractivity contribution in [1.29, 1.82) is 0 Å². The number of amides is 10. The minimum absolute atomic E-state index is 0.00621. The van der Waals surface area contributed by atoms with Gasteiger partial charge in [-0.15, -0.1) is 0 Å². The topological polar surface area (TPSA) is 332 Å². The fourth-order valence-corrected chi connectivity index (χ4v) is 10.3. The van der Waals surface area contributed by atoms with E-state index in [-0.39, 0.29) is 106 Å². The molecule has 0 aromatic carbocycles. The molecule has 0 bridgehead atoms. The van der Waals surface area contributed by atoms with Gasteiger partial charge < -0.3 is 63.2 Å². The summed E-state index contributed by atoms with van der Waals surface area (Å²) in [5, 5.41) is 37.1. The lowest BCUT2D eigenvalue weighted by molar-refractivity contribution is -0.141. The summed E-state index contributed by atoms with van der Waals surface area (Å²) in [7, 11) is 0. The number of aliphatic hydroxyl groups is 1. The third-order valence-electron chi connectivity index (χ3n) is 15.5. The average Bonchev–Trinajstić information content (AvgIpc) is 2.88. The van der Waals surface area contributed by atoms with Gasteiger partial charge in [0.05, 0.1) is 6.61 Å². The van der Waals surface area contributed by atoms with Crippen LogP contribution in [0.4, 0.5) is 0 Å². The molecule has 0 saturated carbocycles. The first-order valence-electron chi connectivity index (χ1n) is 32.6. The van der Waals surface area contributed by atoms with Crippen LogP contribution in [0, 0.1) is 17.8 Å². The molecule has 23 nitrogen and oxygen atoms in total. The molecule has 0 unspecified atom stereocenters. The fourth-order valence-electron chi connectivity index (χ4n) is 10.3. The zero-order valence-corrected chi connectivity index (χ0v) is 56.0. The molecule has 0 radical (unpaired) electrons. The molecule has 500 valence electrons. The predicted molar refractivity (Wildman–Crippen MR) is 338 cm³/mol. The van der Waals surface area contributed by atoms with Gasteiger partial charge in [-0.2, -0.15) is 0 Å². The van der Waals surface area contributed by atoms with Crippen LogP contribution in [0.15, 0.2) is 0 Å². The van der Waals surface area contributed by atoms with Crippen molar-refractivity contribution in [3.63, 3.8) is 0 Å². The maximum absolute atomic E-state index is 14.6. The van der Waals surface area contributed by atoms with E-state index in [0.717, 1.165) is 57.8 Å². The molecule has 1 aliphatic heterocycles. The Kier molecular flexibility index (Phi) is 37.1. The van der Waals surface area contributed by atoms with Crippen molar-refractivity contribution < 1.29 is 57.8 Å². The molecule has 1 rings (SSSR count). The summed E-state index contributed by atoms with van der Waals surface area (Å²) in [5.41, 5.74) is -4.96. The Balaban J connectivity index is 3.38. The number of nitrogens with zero attached hydrogens (tertiary/aromatic N) is 1. The van der Waals surface area contributed by atoms with Crippen LogP contribution in [-0.4, -0.2) is 161 Å². The third kappa shape index (κ3) is 31.4. The molecule has 1 heterocycles. The summed E-state index contributed by atoms with van der Waals surface area (Å²) >= 11 is 0. The third-order valence-corrected chi connectivity index (χ3v) is 15.5. The molecule has 87 heavy (non-hydrogen) atoms. The van der Waals surface area contributed by atoms with Crippen molar-refractivity contribution in [3.8, 4) is 0 Å². The highest BCUT2D eigenvalue weighted by molar-refractivity contribution is 6.00. The number of nitrogens with one attached hydrogen (secondary N) is 10. The Hall–Kier alpha value is -5.71. The quantitative estimate of drug-likeness (QED) is 0.0366. The summed E-state index contributed by atoms with van der Waals surface area (Å²) in [6.45, 7) is 27.4. The number of carbonyl (C=O) groups is 11. The predicted octanol–water partition coefficient (Wildman–Crippen LogP) is 4.79. The minimum atomic E-state index is -1.69. The maximum Gasteiger partial charge on any atom is 0.246 e. The molecule has 11 N–H and O–H groups in total. The first-order chi connectivity index (χ1) is 40.7. The van der Waals surface area contributed by atoms with Crippen molar-refractivity contribution in [2.24, 2.45) is 17.8 Å². The summed E-state index contributed by atoms with van der Waals surface area (Å²) < 4.78 is 0. The molecule has 0 spiro atoms. The van der Waals surface area contributed by atoms with E-state index in [9.17, 15) is 52.7 Å². The van der Waals surface area contributed by atoms with Gasteiger partial charge in [-0.25, -0.2) is 0 Å². The van der Waals surface area contributed by atoms with Gasteiger partial charge in [0.1, 0.15) is 52.6 Å². The van der Waals surface area contributed by atoms with Crippen LogP contribution in [0.5, 0.6) is 0 Å². The molecule has 23 heteroatoms. The van der Waals surface area contributed by atoms with Gasteiger partial charge in [0.2, 0.25) is 59.1 Å². The number of hydrogen-bond donors (Lipinski definition) is 11. The average molecular weight is 1230 g/mol. The smallest absolute Gasteiger partial charge is 0.246 e. The largest absolute Gasteiger partial charge is 0.395 e. The molecule has 1 saturated heterocycles. The van der Waals surface area contributed by atoms with E-state index in [0.29, 0.717) is 45.3 Å². The lowest BCUT2D eigenvalue weighted by atomic mass is 9.93. The van der Waals surface area contributed by atoms with Crippen LogP contribution in [0.1, 0.15) is 239 Å². The SMILES string of the molecule is CCCCCCC(=O)CCC[C@H](NC(=O)[C@@H]1CCCN1C(=O)CCC)C(=O)NC(C)(C)C(=O)NC(C)(C)C(=O)N[C@@H](C[C@H](C)CCCCCC)C(=O)N[C@@H](CC(C)C)C(=O)NC(C)(C)C(=O)N[C@@H](CC(C)C)C(=O)NCCC(=O)N[C@@H](C)CNCCO. The van der Waals surface area contributed by atoms with E-state index in [1.807, 2.05) is 48.5 Å². The van der Waals surface area contributed by atoms with Gasteiger partial charge in [0.25, 0.3) is 0 Å². The van der Waals surface area contributed by atoms with Crippen LogP contribution < -0.4 is 53.2 Å². The molecule has 0 aliphatic carbocycles. The van der Waals surface area contributed by atoms with Gasteiger partial charge in [0, 0.05) is 57.9 Å². The molecular weight excluding hydrogens is 1110 g/mol. The second-order valence-corrected chi connectivity index (χ2v) is 26.6. The van der Waals surface area contributed by atoms with Crippen molar-refractivity contribution in [2.45, 2.75) is 292 Å². The Morgan fingerprint density at radius 1 is 0.506 bits per heavy atom. The van der Waals surface area contributed by atoms with Crippen LogP contribution in [0.2, 0.25) is 0 Å². The van der Waals surface area contributed by atoms with Crippen LogP contribution in [-0.2, 0) is 52.7 Å². The first kappa shape index (κ1) is 79.3. The molecule has 1 aliphatic rings. The number of Topliss-reactive ketones (excluding diaryl/α,β-unsaturated/α-hetero) is 1. The summed E-state index contributed by atoms with van der Waals surface area (Å²) in [6.07, 6.45) is 11.9. The first-order valence-corrected chi connectivity index (χ1v) is 32.6. The summed E-state index contributed by atoms with van der Waals surface area (Å²) in [4.78, 5) is 153. The molecule has 1 fully saturated rings. The van der Waals surface area contributed by atoms with Crippen molar-refractivity contribution >= 4 is 64.9 Å². The monoisotopic (exact) mass is 1230 g/mol. The van der Waals surface area contributed by atoms with E-state index in [1.54, 1.807) is 4.90 Å². The van der Waals surface area contributed by atoms with E-state index in [1.165, 1.54) is 41.5 Å². The Morgan fingerprint density at radius 2 is 1.03 bits per heavy atom. The molecule has 7 atom stereocenters. The Morgan fingerprint density at radius 3 is 1.60 bits per heavy atom. The van der Waals surface area contributed by atoms with Crippen molar-refractivity contribution in [3.05, 3.63) is 0 Å². The minimum Gasteiger partial charge on any atom is -0.395 e. The van der Waals surface area contributed by atoms with E-state index in [4.69, 9.17) is 5.11 Å². The number of likely N-dealkylation sites (tertiary alicyclic amines) is 1. The normalized spacial score (nSPS) is 15.7. The maximum atomic E-state index is 14.6. The molecule has 0 aromatic heterocycles. The Bertz CT molecular complexity index is 2200. The van der Waals surface area contributed by atoms with Gasteiger partial charge >= 0.3 is 0 Å². The molecular formula is C64H117N11O12. The second kappa shape index (κ2) is 40.8. The molecule has 0 aromatic rings. The van der Waals surface area contributed by atoms with Crippen LogP contribution in [0.25, 0.3) is 0 Å². The van der Waals surface area contributed by atoms with Gasteiger partial charge in [-0.1, -0.05) is 107 Å². The standard InChI is InChI=1S/C64H117N11O12/c1-16-19-21-23-28-44(8)40-50(55(81)69-49(39-43(6)7)57(83)73-62(10,11)59(85)70-48(38-42(4)5)54(80)66-34-33-52(78)67-45(9)41-65-35-37-76)71-60(86)63(12,13)74-61(87)64(14,15)72-56(82)47(31-25-30-46(77)29-24-22-20-17-2)68-58(84)51-32-26-36-75(51)53(79)27-18-3/h42-45,47-51,65,76H,16-41H2,1-15H3,(H,66,80)(H,67,78)(H,68,84)(H,69,81)(H,70,85)(H,71,86)(H,72,82)(H,73,83)(H,74,87)/t44-,45+,47+,48+,49+,50+,51+/m1/s1. The summed E-state index contributed by atoms with van der Waals surface area (Å²) in [5.74, 6) is -5.83. The number of aliphatic hydroxyl groups excluding tert-OH is 1. The highest BCUT2D eigenvalue weighted by Crippen LogP contribution is 2.22. The van der Waals surface area contributed by atoms with Gasteiger partial charge in [0.15, 0.2) is 0 Å². The van der Waals surface area contributed by atoms with E-state index in [2.05, 4.69) is 67.0 Å². The highest BCUT2D eigenvalue weighted by Gasteiger charge is 2.42. The van der Waals surface area contributed by atoms with Crippen LogP contribution >= 0.6 is 0 Å². The lowest BCUT2D eigenvalue weighted by Crippen LogP contribution is -2.66. The number of rotatable bonds is 45. The Labute approximate surface area is 521 Å². The van der Waals surface area contributed by atoms with E-state index >= 15 is 0 Å². The number of carbonyl (C=O) groups excluding carboxylic acids is 11. The summed E-state index contributed by atoms with van der Waals surface area (Å²) in [6, 6.07) is -5.53. The highest BCUT2D eigenvalue weighted by atomic mass is 16.3. The number of unbranched alkanes of at least 4 members (excludes halogenated alkanes) is 6. The number of ketones is 1. The van der Waals surface area contributed by atoms with Gasteiger partial charge in [-0.05, 0) is 124 Å². The van der Waals surface area contributed by atoms with Gasteiger partial charge in [-0.3, -0.25) is 52.7 Å². The lowest BCUT2D eigenvalue weighted by Gasteiger charge is -2.34. The van der Waals surface area contributed by atoms with Crippen molar-refractivity contribution in [2.75, 3.05) is 32.8 Å². The molecule has 10 amide bonds. The van der Waals surface area contributed by atoms with E-state index < -0.39 is 94.1 Å². The number of hydrogen-bond acceptors (Lipinski definition) is 13. The fraction of sp³-hybridized carbons (Fsp3) is 0.828. The van der Waals surface area contributed by atoms with Crippen molar-refractivity contribution in [1.82, 2.24) is 58.1 Å². The van der Waals surface area contributed by atoms with Crippen LogP contribution in [0.3, 0.4) is 0 Å². The second-order valence-electron chi connectivity index (χ2n) is 26.6. The zero-order valence-electron chi connectivity index (χ0n) is 56.0. The zero-order chi connectivity index (χ0) is 66.1.